The Morgan fingerprint density at radius 2 is 2.07 bits per heavy atom. The smallest absolute Gasteiger partial charge is 0.220 e. The molecule has 4 nitrogen and oxygen atoms in total. The van der Waals surface area contributed by atoms with E-state index in [0.29, 0.717) is 5.92 Å². The summed E-state index contributed by atoms with van der Waals surface area (Å²) in [5.41, 5.74) is 0. The Morgan fingerprint density at radius 1 is 1.27 bits per heavy atom. The van der Waals surface area contributed by atoms with Crippen molar-refractivity contribution in [2.45, 2.75) is 19.3 Å². The van der Waals surface area contributed by atoms with E-state index >= 15 is 0 Å². The molecule has 2 heterocycles. The minimum Gasteiger partial charge on any atom is -0.356 e. The van der Waals surface area contributed by atoms with Crippen molar-refractivity contribution in [2.75, 3.05) is 39.3 Å². The highest BCUT2D eigenvalue weighted by atomic mass is 16.1. The Morgan fingerprint density at radius 3 is 2.80 bits per heavy atom. The molecule has 0 aromatic heterocycles. The van der Waals surface area contributed by atoms with E-state index in [0.717, 1.165) is 32.5 Å². The molecule has 86 valence electrons. The first kappa shape index (κ1) is 10.9. The third-order valence-electron chi connectivity index (χ3n) is 3.41. The van der Waals surface area contributed by atoms with Gasteiger partial charge in [0.25, 0.3) is 0 Å². The fourth-order valence-electron chi connectivity index (χ4n) is 2.40. The highest BCUT2D eigenvalue weighted by Crippen LogP contribution is 2.17. The molecule has 1 amide bonds. The molecule has 2 aliphatic rings. The van der Waals surface area contributed by atoms with Gasteiger partial charge in [-0.15, -0.1) is 0 Å². The maximum absolute atomic E-state index is 11.2. The van der Waals surface area contributed by atoms with Crippen LogP contribution in [0.25, 0.3) is 0 Å². The summed E-state index contributed by atoms with van der Waals surface area (Å²) in [5.74, 6) is 0.861. The molecule has 2 rings (SSSR count). The van der Waals surface area contributed by atoms with Gasteiger partial charge in [-0.3, -0.25) is 4.79 Å². The first-order chi connectivity index (χ1) is 7.34. The standard InChI is InChI=1S/C11H21N3O/c15-11-9-10(1-3-13-11)2-6-14-7-4-12-5-8-14/h10,12H,1-9H2,(H,13,15). The average molecular weight is 211 g/mol. The van der Waals surface area contributed by atoms with Gasteiger partial charge in [0.05, 0.1) is 0 Å². The summed E-state index contributed by atoms with van der Waals surface area (Å²) in [4.78, 5) is 13.7. The fraction of sp³-hybridized carbons (Fsp3) is 0.909. The maximum atomic E-state index is 11.2. The van der Waals surface area contributed by atoms with Gasteiger partial charge in [0.1, 0.15) is 0 Å². The Hall–Kier alpha value is -0.610. The number of nitrogens with one attached hydrogen (secondary N) is 2. The van der Waals surface area contributed by atoms with Crippen molar-refractivity contribution in [1.82, 2.24) is 15.5 Å². The third kappa shape index (κ3) is 3.47. The number of piperazine rings is 1. The lowest BCUT2D eigenvalue weighted by Gasteiger charge is -2.29. The molecule has 2 fully saturated rings. The molecule has 0 aromatic rings. The van der Waals surface area contributed by atoms with Crippen molar-refractivity contribution in [3.05, 3.63) is 0 Å². The zero-order chi connectivity index (χ0) is 10.5. The normalized spacial score (nSPS) is 28.8. The van der Waals surface area contributed by atoms with Gasteiger partial charge in [0, 0.05) is 39.1 Å². The first-order valence-corrected chi connectivity index (χ1v) is 6.04. The summed E-state index contributed by atoms with van der Waals surface area (Å²) in [6.45, 7) is 6.61. The van der Waals surface area contributed by atoms with Crippen LogP contribution in [0.3, 0.4) is 0 Å². The highest BCUT2D eigenvalue weighted by Gasteiger charge is 2.19. The second-order valence-corrected chi connectivity index (χ2v) is 4.59. The van der Waals surface area contributed by atoms with Crippen LogP contribution in [0, 0.1) is 5.92 Å². The van der Waals surface area contributed by atoms with Gasteiger partial charge in [-0.25, -0.2) is 0 Å². The van der Waals surface area contributed by atoms with Crippen LogP contribution >= 0.6 is 0 Å². The number of hydrogen-bond donors (Lipinski definition) is 2. The largest absolute Gasteiger partial charge is 0.356 e. The number of nitrogens with zero attached hydrogens (tertiary/aromatic N) is 1. The van der Waals surface area contributed by atoms with E-state index < -0.39 is 0 Å². The number of amides is 1. The van der Waals surface area contributed by atoms with E-state index in [9.17, 15) is 4.79 Å². The Kier molecular flexibility index (Phi) is 3.97. The van der Waals surface area contributed by atoms with Gasteiger partial charge in [-0.05, 0) is 25.3 Å². The lowest BCUT2D eigenvalue weighted by molar-refractivity contribution is -0.123. The highest BCUT2D eigenvalue weighted by molar-refractivity contribution is 5.76. The third-order valence-corrected chi connectivity index (χ3v) is 3.41. The van der Waals surface area contributed by atoms with E-state index in [-0.39, 0.29) is 5.91 Å². The van der Waals surface area contributed by atoms with E-state index in [1.54, 1.807) is 0 Å². The zero-order valence-electron chi connectivity index (χ0n) is 9.30. The van der Waals surface area contributed by atoms with Crippen LogP contribution < -0.4 is 10.6 Å². The number of carbonyl (C=O) groups is 1. The molecule has 1 unspecified atom stereocenters. The molecule has 0 bridgehead atoms. The number of piperidine rings is 1. The molecule has 2 N–H and O–H groups in total. The van der Waals surface area contributed by atoms with Crippen LogP contribution in [0.5, 0.6) is 0 Å². The van der Waals surface area contributed by atoms with Crippen molar-refractivity contribution < 1.29 is 4.79 Å². The van der Waals surface area contributed by atoms with Crippen LogP contribution in [0.1, 0.15) is 19.3 Å². The van der Waals surface area contributed by atoms with Crippen LogP contribution in [0.2, 0.25) is 0 Å². The van der Waals surface area contributed by atoms with Crippen LogP contribution in [-0.2, 0) is 4.79 Å². The lowest BCUT2D eigenvalue weighted by atomic mass is 9.94. The monoisotopic (exact) mass is 211 g/mol. The van der Waals surface area contributed by atoms with Gasteiger partial charge >= 0.3 is 0 Å². The molecule has 0 saturated carbocycles. The predicted molar refractivity (Wildman–Crippen MR) is 59.7 cm³/mol. The fourth-order valence-corrected chi connectivity index (χ4v) is 2.40. The quantitative estimate of drug-likeness (QED) is 0.680. The summed E-state index contributed by atoms with van der Waals surface area (Å²) >= 11 is 0. The van der Waals surface area contributed by atoms with Crippen LogP contribution in [0.4, 0.5) is 0 Å². The Balaban J connectivity index is 1.65. The SMILES string of the molecule is O=C1CC(CCN2CCNCC2)CCN1. The van der Waals surface area contributed by atoms with E-state index in [2.05, 4.69) is 15.5 Å². The second kappa shape index (κ2) is 5.47. The maximum Gasteiger partial charge on any atom is 0.220 e. The van der Waals surface area contributed by atoms with Crippen molar-refractivity contribution >= 4 is 5.91 Å². The summed E-state index contributed by atoms with van der Waals surface area (Å²) in [6, 6.07) is 0. The zero-order valence-corrected chi connectivity index (χ0v) is 9.30. The van der Waals surface area contributed by atoms with Crippen molar-refractivity contribution in [2.24, 2.45) is 5.92 Å². The molecule has 0 radical (unpaired) electrons. The molecule has 2 saturated heterocycles. The molecule has 0 aliphatic carbocycles. The van der Waals surface area contributed by atoms with Gasteiger partial charge in [0.2, 0.25) is 5.91 Å². The molecule has 2 aliphatic heterocycles. The Bertz CT molecular complexity index is 214. The second-order valence-electron chi connectivity index (χ2n) is 4.59. The molecule has 15 heavy (non-hydrogen) atoms. The summed E-state index contributed by atoms with van der Waals surface area (Å²) < 4.78 is 0. The summed E-state index contributed by atoms with van der Waals surface area (Å²) in [7, 11) is 0. The number of rotatable bonds is 3. The van der Waals surface area contributed by atoms with Crippen molar-refractivity contribution in [1.29, 1.82) is 0 Å². The summed E-state index contributed by atoms with van der Waals surface area (Å²) in [5, 5.41) is 6.24. The minimum atomic E-state index is 0.242. The Labute approximate surface area is 91.4 Å². The van der Waals surface area contributed by atoms with Crippen LogP contribution in [-0.4, -0.2) is 50.1 Å². The first-order valence-electron chi connectivity index (χ1n) is 6.04. The van der Waals surface area contributed by atoms with E-state index in [4.69, 9.17) is 0 Å². The molecule has 1 atom stereocenters. The van der Waals surface area contributed by atoms with E-state index in [1.807, 2.05) is 0 Å². The molecule has 4 heteroatoms. The topological polar surface area (TPSA) is 44.4 Å². The average Bonchev–Trinajstić information content (AvgIpc) is 2.28. The molecular weight excluding hydrogens is 190 g/mol. The van der Waals surface area contributed by atoms with Gasteiger partial charge in [-0.1, -0.05) is 0 Å². The molecule has 0 spiro atoms. The van der Waals surface area contributed by atoms with Crippen molar-refractivity contribution in [3.63, 3.8) is 0 Å². The molecule has 0 aromatic carbocycles. The lowest BCUT2D eigenvalue weighted by Crippen LogP contribution is -2.44. The predicted octanol–water partition coefficient (Wildman–Crippen LogP) is -0.192. The van der Waals surface area contributed by atoms with Gasteiger partial charge in [0.15, 0.2) is 0 Å². The van der Waals surface area contributed by atoms with Gasteiger partial charge < -0.3 is 15.5 Å². The number of carbonyl (C=O) groups excluding carboxylic acids is 1. The number of hydrogen-bond acceptors (Lipinski definition) is 3. The summed E-state index contributed by atoms with van der Waals surface area (Å²) in [6.07, 6.45) is 3.09. The van der Waals surface area contributed by atoms with Crippen LogP contribution in [0.15, 0.2) is 0 Å². The minimum absolute atomic E-state index is 0.242. The molecular formula is C11H21N3O. The van der Waals surface area contributed by atoms with E-state index in [1.165, 1.54) is 26.1 Å². The van der Waals surface area contributed by atoms with Crippen molar-refractivity contribution in [3.8, 4) is 0 Å². The van der Waals surface area contributed by atoms with Gasteiger partial charge in [-0.2, -0.15) is 0 Å².